The molecule has 1 aromatic heterocycles. The standard InChI is InChI=1S/C16H16N2O3S/c1-10-5-6-13(11(2)8-10)18-14(19)9-22-15-12(16(20)21)4-3-7-17-15/h3-8H,9H2,1-2H3,(H,18,19)(H,20,21)/p-1. The summed E-state index contributed by atoms with van der Waals surface area (Å²) in [6.07, 6.45) is 1.48. The fourth-order valence-electron chi connectivity index (χ4n) is 1.94. The summed E-state index contributed by atoms with van der Waals surface area (Å²) in [7, 11) is 0. The van der Waals surface area contributed by atoms with Crippen LogP contribution in [0, 0.1) is 13.8 Å². The lowest BCUT2D eigenvalue weighted by atomic mass is 10.1. The van der Waals surface area contributed by atoms with Crippen LogP contribution < -0.4 is 10.4 Å². The first-order chi connectivity index (χ1) is 10.5. The van der Waals surface area contributed by atoms with Crippen LogP contribution in [0.3, 0.4) is 0 Å². The predicted molar refractivity (Wildman–Crippen MR) is 83.8 cm³/mol. The van der Waals surface area contributed by atoms with Crippen molar-refractivity contribution in [2.45, 2.75) is 18.9 Å². The molecule has 0 aliphatic carbocycles. The summed E-state index contributed by atoms with van der Waals surface area (Å²) in [5.41, 5.74) is 2.84. The van der Waals surface area contributed by atoms with E-state index >= 15 is 0 Å². The van der Waals surface area contributed by atoms with Crippen LogP contribution in [0.5, 0.6) is 0 Å². The number of carboxylic acids is 1. The molecule has 1 N–H and O–H groups in total. The summed E-state index contributed by atoms with van der Waals surface area (Å²) in [5.74, 6) is -1.44. The van der Waals surface area contributed by atoms with E-state index in [1.807, 2.05) is 32.0 Å². The zero-order valence-electron chi connectivity index (χ0n) is 12.3. The molecule has 0 atom stereocenters. The van der Waals surface area contributed by atoms with Gasteiger partial charge in [0.05, 0.1) is 11.7 Å². The zero-order chi connectivity index (χ0) is 16.1. The minimum atomic E-state index is -1.30. The first-order valence-electron chi connectivity index (χ1n) is 6.63. The molecule has 0 fully saturated rings. The van der Waals surface area contributed by atoms with E-state index in [0.29, 0.717) is 0 Å². The van der Waals surface area contributed by atoms with Crippen LogP contribution in [0.15, 0.2) is 41.6 Å². The third kappa shape index (κ3) is 4.08. The minimum absolute atomic E-state index is 0.00758. The van der Waals surface area contributed by atoms with Crippen molar-refractivity contribution in [2.24, 2.45) is 0 Å². The fraction of sp³-hybridized carbons (Fsp3) is 0.188. The lowest BCUT2D eigenvalue weighted by Crippen LogP contribution is -2.23. The number of aromatic carboxylic acids is 1. The maximum absolute atomic E-state index is 12.0. The molecule has 0 spiro atoms. The highest BCUT2D eigenvalue weighted by Crippen LogP contribution is 2.21. The Labute approximate surface area is 132 Å². The normalized spacial score (nSPS) is 10.3. The van der Waals surface area contributed by atoms with Gasteiger partial charge in [0.1, 0.15) is 5.03 Å². The molecule has 6 heteroatoms. The second kappa shape index (κ2) is 7.09. The van der Waals surface area contributed by atoms with Crippen LogP contribution in [0.25, 0.3) is 0 Å². The fourth-order valence-corrected chi connectivity index (χ4v) is 2.72. The summed E-state index contributed by atoms with van der Waals surface area (Å²) in [6.45, 7) is 3.90. The first-order valence-corrected chi connectivity index (χ1v) is 7.62. The van der Waals surface area contributed by atoms with E-state index in [4.69, 9.17) is 0 Å². The highest BCUT2D eigenvalue weighted by atomic mass is 32.2. The van der Waals surface area contributed by atoms with Crippen LogP contribution in [0.1, 0.15) is 21.5 Å². The van der Waals surface area contributed by atoms with Crippen molar-refractivity contribution in [2.75, 3.05) is 11.1 Å². The van der Waals surface area contributed by atoms with Gasteiger partial charge in [-0.3, -0.25) is 4.79 Å². The van der Waals surface area contributed by atoms with Crippen molar-refractivity contribution in [3.8, 4) is 0 Å². The highest BCUT2D eigenvalue weighted by molar-refractivity contribution is 8.00. The number of aromatic nitrogens is 1. The van der Waals surface area contributed by atoms with Gasteiger partial charge in [-0.25, -0.2) is 4.98 Å². The van der Waals surface area contributed by atoms with E-state index < -0.39 is 5.97 Å². The Morgan fingerprint density at radius 1 is 1.27 bits per heavy atom. The number of thioether (sulfide) groups is 1. The summed E-state index contributed by atoms with van der Waals surface area (Å²) >= 11 is 1.07. The topological polar surface area (TPSA) is 82.1 Å². The molecular weight excluding hydrogens is 300 g/mol. The Morgan fingerprint density at radius 2 is 2.05 bits per heavy atom. The highest BCUT2D eigenvalue weighted by Gasteiger charge is 2.09. The van der Waals surface area contributed by atoms with Gasteiger partial charge < -0.3 is 15.2 Å². The van der Waals surface area contributed by atoms with E-state index in [-0.39, 0.29) is 22.2 Å². The molecule has 0 radical (unpaired) electrons. The Balaban J connectivity index is 2.00. The van der Waals surface area contributed by atoms with Crippen LogP contribution in [0.4, 0.5) is 5.69 Å². The summed E-state index contributed by atoms with van der Waals surface area (Å²) < 4.78 is 0. The Kier molecular flexibility index (Phi) is 5.16. The van der Waals surface area contributed by atoms with E-state index in [0.717, 1.165) is 28.6 Å². The van der Waals surface area contributed by atoms with E-state index in [1.165, 1.54) is 18.3 Å². The van der Waals surface area contributed by atoms with Crippen molar-refractivity contribution in [3.05, 3.63) is 53.2 Å². The predicted octanol–water partition coefficient (Wildman–Crippen LogP) is 1.79. The number of carbonyl (C=O) groups excluding carboxylic acids is 2. The van der Waals surface area contributed by atoms with Gasteiger partial charge in [0, 0.05) is 17.4 Å². The molecule has 0 unspecified atom stereocenters. The largest absolute Gasteiger partial charge is 0.545 e. The number of hydrogen-bond donors (Lipinski definition) is 1. The third-order valence-electron chi connectivity index (χ3n) is 2.99. The van der Waals surface area contributed by atoms with Gasteiger partial charge >= 0.3 is 0 Å². The molecule has 0 aliphatic rings. The van der Waals surface area contributed by atoms with Gasteiger partial charge in [-0.2, -0.15) is 0 Å². The van der Waals surface area contributed by atoms with Crippen molar-refractivity contribution in [1.82, 2.24) is 4.98 Å². The molecule has 2 aromatic rings. The van der Waals surface area contributed by atoms with Gasteiger partial charge in [-0.15, -0.1) is 0 Å². The molecule has 1 heterocycles. The number of pyridine rings is 1. The SMILES string of the molecule is Cc1ccc(NC(=O)CSc2ncccc2C(=O)[O-])c(C)c1. The first kappa shape index (κ1) is 16.0. The van der Waals surface area contributed by atoms with Crippen LogP contribution in [-0.2, 0) is 4.79 Å². The monoisotopic (exact) mass is 315 g/mol. The number of nitrogens with zero attached hydrogens (tertiary/aromatic N) is 1. The smallest absolute Gasteiger partial charge is 0.234 e. The van der Waals surface area contributed by atoms with Crippen molar-refractivity contribution >= 4 is 29.3 Å². The molecule has 1 amide bonds. The molecule has 2 rings (SSSR count). The lowest BCUT2D eigenvalue weighted by molar-refractivity contribution is -0.255. The molecule has 22 heavy (non-hydrogen) atoms. The molecule has 5 nitrogen and oxygen atoms in total. The van der Waals surface area contributed by atoms with Crippen molar-refractivity contribution < 1.29 is 14.7 Å². The Hall–Kier alpha value is -2.34. The number of aryl methyl sites for hydroxylation is 2. The lowest BCUT2D eigenvalue weighted by Gasteiger charge is -2.10. The van der Waals surface area contributed by atoms with Gasteiger partial charge in [0.2, 0.25) is 5.91 Å². The number of nitrogens with one attached hydrogen (secondary N) is 1. The second-order valence-corrected chi connectivity index (χ2v) is 5.76. The number of carboxylic acid groups (broad SMARTS) is 1. The Morgan fingerprint density at radius 3 is 2.73 bits per heavy atom. The summed E-state index contributed by atoms with van der Waals surface area (Å²) in [5, 5.41) is 14.1. The van der Waals surface area contributed by atoms with Gasteiger partial charge in [0.15, 0.2) is 0 Å². The van der Waals surface area contributed by atoms with Crippen molar-refractivity contribution in [1.29, 1.82) is 0 Å². The Bertz CT molecular complexity index is 716. The van der Waals surface area contributed by atoms with Crippen LogP contribution in [0.2, 0.25) is 0 Å². The molecule has 114 valence electrons. The number of carbonyl (C=O) groups is 2. The quantitative estimate of drug-likeness (QED) is 0.851. The average Bonchev–Trinajstić information content (AvgIpc) is 2.48. The minimum Gasteiger partial charge on any atom is -0.545 e. The van der Waals surface area contributed by atoms with Crippen molar-refractivity contribution in [3.63, 3.8) is 0 Å². The summed E-state index contributed by atoms with van der Waals surface area (Å²) in [4.78, 5) is 26.9. The molecule has 0 aliphatic heterocycles. The number of benzene rings is 1. The van der Waals surface area contributed by atoms with Gasteiger partial charge in [0.25, 0.3) is 0 Å². The van der Waals surface area contributed by atoms with E-state index in [9.17, 15) is 14.7 Å². The number of rotatable bonds is 5. The average molecular weight is 315 g/mol. The maximum Gasteiger partial charge on any atom is 0.234 e. The summed E-state index contributed by atoms with van der Waals surface area (Å²) in [6, 6.07) is 8.68. The van der Waals surface area contributed by atoms with Crippen LogP contribution in [-0.4, -0.2) is 22.6 Å². The number of anilines is 1. The molecule has 0 saturated carbocycles. The third-order valence-corrected chi connectivity index (χ3v) is 3.99. The van der Waals surface area contributed by atoms with Gasteiger partial charge in [-0.05, 0) is 37.6 Å². The van der Waals surface area contributed by atoms with Crippen LogP contribution >= 0.6 is 11.8 Å². The van der Waals surface area contributed by atoms with E-state index in [2.05, 4.69) is 10.3 Å². The maximum atomic E-state index is 12.0. The molecule has 0 bridgehead atoms. The van der Waals surface area contributed by atoms with Gasteiger partial charge in [-0.1, -0.05) is 29.5 Å². The number of hydrogen-bond acceptors (Lipinski definition) is 5. The molecule has 0 saturated heterocycles. The molecular formula is C16H15N2O3S-. The zero-order valence-corrected chi connectivity index (χ0v) is 13.1. The van der Waals surface area contributed by atoms with E-state index in [1.54, 1.807) is 0 Å². The number of amides is 1. The second-order valence-electron chi connectivity index (χ2n) is 4.80. The molecule has 1 aromatic carbocycles.